The fourth-order valence-corrected chi connectivity index (χ4v) is 3.08. The Labute approximate surface area is 175 Å². The van der Waals surface area contributed by atoms with Gasteiger partial charge in [0.05, 0.1) is 7.11 Å². The van der Waals surface area contributed by atoms with E-state index in [2.05, 4.69) is 24.0 Å². The van der Waals surface area contributed by atoms with Crippen LogP contribution in [-0.4, -0.2) is 19.0 Å². The molecule has 0 aromatic heterocycles. The fourth-order valence-electron chi connectivity index (χ4n) is 3.08. The van der Waals surface area contributed by atoms with Gasteiger partial charge < -0.3 is 14.2 Å². The van der Waals surface area contributed by atoms with Crippen LogP contribution in [0, 0.1) is 6.92 Å². The maximum absolute atomic E-state index is 12.2. The molecule has 1 aliphatic heterocycles. The first-order valence-electron chi connectivity index (χ1n) is 9.56. The number of cyclic esters (lactones) is 1. The Kier molecular flexibility index (Phi) is 5.61. The predicted molar refractivity (Wildman–Crippen MR) is 116 cm³/mol. The molecule has 3 aromatic rings. The summed E-state index contributed by atoms with van der Waals surface area (Å²) in [6, 6.07) is 22.9. The van der Waals surface area contributed by atoms with Crippen LogP contribution >= 0.6 is 0 Å². The van der Waals surface area contributed by atoms with Crippen LogP contribution in [0.2, 0.25) is 0 Å². The van der Waals surface area contributed by atoms with Crippen LogP contribution in [0.25, 0.3) is 6.08 Å². The van der Waals surface area contributed by atoms with Crippen molar-refractivity contribution in [1.82, 2.24) is 0 Å². The van der Waals surface area contributed by atoms with Crippen molar-refractivity contribution in [3.63, 3.8) is 0 Å². The lowest BCUT2D eigenvalue weighted by Crippen LogP contribution is -2.05. The summed E-state index contributed by atoms with van der Waals surface area (Å²) in [4.78, 5) is 16.5. The summed E-state index contributed by atoms with van der Waals surface area (Å²) in [5.74, 6) is 1.22. The van der Waals surface area contributed by atoms with Gasteiger partial charge in [0.2, 0.25) is 5.90 Å². The number of rotatable bonds is 6. The van der Waals surface area contributed by atoms with Gasteiger partial charge in [-0.25, -0.2) is 9.79 Å². The van der Waals surface area contributed by atoms with Crippen LogP contribution in [0.3, 0.4) is 0 Å². The molecular weight excluding hydrogens is 378 g/mol. The summed E-state index contributed by atoms with van der Waals surface area (Å²) in [6.45, 7) is 2.56. The molecule has 0 aliphatic carbocycles. The number of benzene rings is 3. The number of carbonyl (C=O) groups excluding carboxylic acids is 1. The van der Waals surface area contributed by atoms with E-state index < -0.39 is 5.97 Å². The van der Waals surface area contributed by atoms with Crippen molar-refractivity contribution in [2.24, 2.45) is 4.99 Å². The number of hydrogen-bond donors (Lipinski definition) is 0. The number of hydrogen-bond acceptors (Lipinski definition) is 5. The second-order valence-electron chi connectivity index (χ2n) is 6.91. The summed E-state index contributed by atoms with van der Waals surface area (Å²) in [5.41, 5.74) is 4.09. The summed E-state index contributed by atoms with van der Waals surface area (Å²) in [6.07, 6.45) is 1.69. The number of nitrogens with zero attached hydrogens (tertiary/aromatic N) is 1. The highest BCUT2D eigenvalue weighted by atomic mass is 16.6. The van der Waals surface area contributed by atoms with E-state index in [0.29, 0.717) is 17.9 Å². The van der Waals surface area contributed by atoms with Crippen molar-refractivity contribution in [3.8, 4) is 11.5 Å². The van der Waals surface area contributed by atoms with Crippen LogP contribution in [0.15, 0.2) is 83.5 Å². The van der Waals surface area contributed by atoms with E-state index in [1.54, 1.807) is 19.3 Å². The van der Waals surface area contributed by atoms with Gasteiger partial charge in [0, 0.05) is 5.56 Å². The van der Waals surface area contributed by atoms with E-state index >= 15 is 0 Å². The summed E-state index contributed by atoms with van der Waals surface area (Å²) in [5, 5.41) is 0. The highest BCUT2D eigenvalue weighted by molar-refractivity contribution is 6.12. The quantitative estimate of drug-likeness (QED) is 0.436. The van der Waals surface area contributed by atoms with Gasteiger partial charge in [0.1, 0.15) is 18.1 Å². The third-order valence-corrected chi connectivity index (χ3v) is 4.61. The molecule has 0 fully saturated rings. The van der Waals surface area contributed by atoms with Crippen molar-refractivity contribution in [2.75, 3.05) is 7.11 Å². The molecule has 5 nitrogen and oxygen atoms in total. The molecule has 1 aliphatic rings. The van der Waals surface area contributed by atoms with Crippen molar-refractivity contribution >= 4 is 17.9 Å². The van der Waals surface area contributed by atoms with Crippen molar-refractivity contribution in [3.05, 3.63) is 101 Å². The molecular formula is C25H21NO4. The Morgan fingerprint density at radius 3 is 2.53 bits per heavy atom. The molecule has 0 saturated carbocycles. The maximum Gasteiger partial charge on any atom is 0.363 e. The van der Waals surface area contributed by atoms with Gasteiger partial charge in [-0.1, -0.05) is 48.0 Å². The Bertz CT molecular complexity index is 1130. The van der Waals surface area contributed by atoms with Gasteiger partial charge in [-0.2, -0.15) is 0 Å². The van der Waals surface area contributed by atoms with Crippen molar-refractivity contribution in [1.29, 1.82) is 0 Å². The fraction of sp³-hybridized carbons (Fsp3) is 0.120. The number of methoxy groups -OCH3 is 1. The topological polar surface area (TPSA) is 57.1 Å². The molecule has 0 atom stereocenters. The lowest BCUT2D eigenvalue weighted by atomic mass is 10.1. The zero-order valence-corrected chi connectivity index (χ0v) is 16.8. The van der Waals surface area contributed by atoms with Crippen LogP contribution in [0.4, 0.5) is 0 Å². The van der Waals surface area contributed by atoms with Crippen LogP contribution in [-0.2, 0) is 16.1 Å². The number of ether oxygens (including phenoxy) is 3. The Balaban J connectivity index is 1.46. The van der Waals surface area contributed by atoms with Gasteiger partial charge in [-0.15, -0.1) is 0 Å². The summed E-state index contributed by atoms with van der Waals surface area (Å²) < 4.78 is 16.4. The van der Waals surface area contributed by atoms with Crippen molar-refractivity contribution < 1.29 is 19.0 Å². The largest absolute Gasteiger partial charge is 0.497 e. The average molecular weight is 399 g/mol. The van der Waals surface area contributed by atoms with Gasteiger partial charge in [0.15, 0.2) is 5.70 Å². The Morgan fingerprint density at radius 2 is 1.77 bits per heavy atom. The molecule has 0 radical (unpaired) electrons. The highest BCUT2D eigenvalue weighted by Gasteiger charge is 2.24. The Hall–Kier alpha value is -3.86. The molecule has 0 spiro atoms. The lowest BCUT2D eigenvalue weighted by molar-refractivity contribution is -0.129. The van der Waals surface area contributed by atoms with Gasteiger partial charge >= 0.3 is 5.97 Å². The maximum atomic E-state index is 12.2. The van der Waals surface area contributed by atoms with Crippen LogP contribution in [0.5, 0.6) is 11.5 Å². The molecule has 0 amide bonds. The van der Waals surface area contributed by atoms with E-state index in [9.17, 15) is 4.79 Å². The molecule has 1 heterocycles. The standard InChI is InChI=1S/C25H21NO4/c1-17-5-3-6-19(13-17)16-29-21-11-9-18(10-12-21)14-23-25(27)30-24(26-23)20-7-4-8-22(15-20)28-2/h3-15H,16H2,1-2H3/b23-14-. The van der Waals surface area contributed by atoms with E-state index in [4.69, 9.17) is 14.2 Å². The number of aryl methyl sites for hydroxylation is 1. The predicted octanol–water partition coefficient (Wildman–Crippen LogP) is 4.93. The minimum Gasteiger partial charge on any atom is -0.497 e. The molecule has 0 bridgehead atoms. The van der Waals surface area contributed by atoms with Crippen LogP contribution in [0.1, 0.15) is 22.3 Å². The molecule has 0 N–H and O–H groups in total. The zero-order valence-electron chi connectivity index (χ0n) is 16.8. The number of carbonyl (C=O) groups is 1. The molecule has 5 heteroatoms. The highest BCUT2D eigenvalue weighted by Crippen LogP contribution is 2.22. The Morgan fingerprint density at radius 1 is 0.967 bits per heavy atom. The SMILES string of the molecule is COc1cccc(C2=N/C(=C\c3ccc(OCc4cccc(C)c4)cc3)C(=O)O2)c1. The molecule has 4 rings (SSSR count). The summed E-state index contributed by atoms with van der Waals surface area (Å²) >= 11 is 0. The third kappa shape index (κ3) is 4.58. The van der Waals surface area contributed by atoms with E-state index in [1.807, 2.05) is 54.6 Å². The van der Waals surface area contributed by atoms with Gasteiger partial charge in [-0.3, -0.25) is 0 Å². The molecule has 150 valence electrons. The van der Waals surface area contributed by atoms with E-state index in [1.165, 1.54) is 5.56 Å². The normalized spacial score (nSPS) is 14.4. The van der Waals surface area contributed by atoms with E-state index in [0.717, 1.165) is 16.9 Å². The van der Waals surface area contributed by atoms with Gasteiger partial charge in [-0.05, 0) is 54.5 Å². The molecule has 0 unspecified atom stereocenters. The minimum absolute atomic E-state index is 0.251. The number of esters is 1. The molecule has 0 saturated heterocycles. The number of aliphatic imine (C=N–C) groups is 1. The van der Waals surface area contributed by atoms with Crippen molar-refractivity contribution in [2.45, 2.75) is 13.5 Å². The summed E-state index contributed by atoms with van der Waals surface area (Å²) in [7, 11) is 1.58. The second kappa shape index (κ2) is 8.66. The van der Waals surface area contributed by atoms with Gasteiger partial charge in [0.25, 0.3) is 0 Å². The minimum atomic E-state index is -0.479. The smallest absolute Gasteiger partial charge is 0.363 e. The zero-order chi connectivity index (χ0) is 20.9. The lowest BCUT2D eigenvalue weighted by Gasteiger charge is -2.07. The first-order valence-corrected chi connectivity index (χ1v) is 9.56. The average Bonchev–Trinajstić information content (AvgIpc) is 3.13. The monoisotopic (exact) mass is 399 g/mol. The first-order chi connectivity index (χ1) is 14.6. The van der Waals surface area contributed by atoms with Crippen LogP contribution < -0.4 is 9.47 Å². The molecule has 30 heavy (non-hydrogen) atoms. The molecule has 3 aromatic carbocycles. The second-order valence-corrected chi connectivity index (χ2v) is 6.91. The third-order valence-electron chi connectivity index (χ3n) is 4.61. The first kappa shape index (κ1) is 19.5. The van der Waals surface area contributed by atoms with E-state index in [-0.39, 0.29) is 11.6 Å².